The molecular weight excluding hydrogens is 307 g/mol. The lowest BCUT2D eigenvalue weighted by Gasteiger charge is -2.14. The van der Waals surface area contributed by atoms with Crippen LogP contribution in [-0.2, 0) is 0 Å². The molecule has 0 saturated carbocycles. The number of nitrogens with zero attached hydrogens (tertiary/aromatic N) is 1. The van der Waals surface area contributed by atoms with Crippen molar-refractivity contribution in [3.05, 3.63) is 63.6 Å². The molecule has 1 unspecified atom stereocenters. The molecule has 0 aliphatic heterocycles. The van der Waals surface area contributed by atoms with Gasteiger partial charge in [0.15, 0.2) is 0 Å². The molecule has 2 rings (SSSR count). The number of hydrogen-bond donors (Lipinski definition) is 2. The molecule has 21 heavy (non-hydrogen) atoms. The molecule has 0 radical (unpaired) electrons. The van der Waals surface area contributed by atoms with Gasteiger partial charge in [-0.1, -0.05) is 41.4 Å². The monoisotopic (exact) mass is 322 g/mol. The summed E-state index contributed by atoms with van der Waals surface area (Å²) >= 11 is 12.3. The Morgan fingerprint density at radius 3 is 2.57 bits per heavy atom. The predicted molar refractivity (Wildman–Crippen MR) is 89.5 cm³/mol. The molecule has 0 bridgehead atoms. The van der Waals surface area contributed by atoms with E-state index in [0.29, 0.717) is 27.0 Å². The summed E-state index contributed by atoms with van der Waals surface area (Å²) in [6, 6.07) is 12.3. The smallest absolute Gasteiger partial charge is 0.0759 e. The third kappa shape index (κ3) is 3.76. The first-order chi connectivity index (χ1) is 10.0. The Labute approximate surface area is 134 Å². The van der Waals surface area contributed by atoms with Crippen LogP contribution in [-0.4, -0.2) is 23.5 Å². The van der Waals surface area contributed by atoms with Crippen molar-refractivity contribution in [2.75, 3.05) is 12.3 Å². The minimum Gasteiger partial charge on any atom is -0.398 e. The average molecular weight is 323 g/mol. The zero-order chi connectivity index (χ0) is 15.4. The third-order valence-corrected chi connectivity index (χ3v) is 3.58. The van der Waals surface area contributed by atoms with E-state index in [4.69, 9.17) is 28.9 Å². The minimum absolute atomic E-state index is 0.0611. The molecule has 1 atom stereocenters. The maximum atomic E-state index is 9.27. The van der Waals surface area contributed by atoms with Crippen LogP contribution in [0.25, 0.3) is 0 Å². The number of rotatable bonds is 4. The lowest BCUT2D eigenvalue weighted by molar-refractivity contribution is 0.274. The van der Waals surface area contributed by atoms with E-state index in [1.54, 1.807) is 24.3 Å². The van der Waals surface area contributed by atoms with Crippen molar-refractivity contribution in [1.29, 1.82) is 0 Å². The van der Waals surface area contributed by atoms with Gasteiger partial charge in [0, 0.05) is 26.9 Å². The number of halogens is 2. The minimum atomic E-state index is -0.269. The van der Waals surface area contributed by atoms with Gasteiger partial charge in [-0.05, 0) is 31.2 Å². The molecule has 0 aliphatic rings. The van der Waals surface area contributed by atoms with E-state index < -0.39 is 0 Å². The Morgan fingerprint density at radius 1 is 1.19 bits per heavy atom. The van der Waals surface area contributed by atoms with Crippen molar-refractivity contribution in [3.8, 4) is 0 Å². The number of anilines is 1. The van der Waals surface area contributed by atoms with Crippen LogP contribution < -0.4 is 5.73 Å². The highest BCUT2D eigenvalue weighted by atomic mass is 35.5. The van der Waals surface area contributed by atoms with Gasteiger partial charge in [-0.25, -0.2) is 0 Å². The van der Waals surface area contributed by atoms with Crippen LogP contribution in [0.3, 0.4) is 0 Å². The summed E-state index contributed by atoms with van der Waals surface area (Å²) in [5, 5.41) is 10.4. The van der Waals surface area contributed by atoms with Gasteiger partial charge in [0.05, 0.1) is 18.4 Å². The lowest BCUT2D eigenvalue weighted by atomic mass is 10.00. The summed E-state index contributed by atoms with van der Waals surface area (Å²) in [6.07, 6.45) is 0. The number of aliphatic imine (C=N–C) groups is 1. The van der Waals surface area contributed by atoms with Gasteiger partial charge in [0.2, 0.25) is 0 Å². The number of hydrogen-bond acceptors (Lipinski definition) is 3. The highest BCUT2D eigenvalue weighted by molar-refractivity contribution is 6.36. The second-order valence-corrected chi connectivity index (χ2v) is 5.56. The maximum Gasteiger partial charge on any atom is 0.0759 e. The van der Waals surface area contributed by atoms with Gasteiger partial charge in [-0.3, -0.25) is 4.99 Å². The van der Waals surface area contributed by atoms with Gasteiger partial charge in [-0.15, -0.1) is 0 Å². The zero-order valence-corrected chi connectivity index (χ0v) is 13.1. The Hall–Kier alpha value is -1.55. The Morgan fingerprint density at radius 2 is 1.90 bits per heavy atom. The highest BCUT2D eigenvalue weighted by Crippen LogP contribution is 2.26. The Balaban J connectivity index is 2.65. The van der Waals surface area contributed by atoms with Crippen LogP contribution in [0.1, 0.15) is 18.1 Å². The van der Waals surface area contributed by atoms with Crippen molar-refractivity contribution in [3.63, 3.8) is 0 Å². The quantitative estimate of drug-likeness (QED) is 0.664. The molecule has 0 spiro atoms. The lowest BCUT2D eigenvalue weighted by Crippen LogP contribution is -2.14. The molecule has 0 fully saturated rings. The second kappa shape index (κ2) is 6.94. The number of aliphatic hydroxyl groups excluding tert-OH is 1. The van der Waals surface area contributed by atoms with Crippen LogP contribution in [0.5, 0.6) is 0 Å². The fourth-order valence-corrected chi connectivity index (χ4v) is 2.33. The van der Waals surface area contributed by atoms with Crippen LogP contribution in [0.15, 0.2) is 47.5 Å². The van der Waals surface area contributed by atoms with Gasteiger partial charge in [0.25, 0.3) is 0 Å². The van der Waals surface area contributed by atoms with Crippen LogP contribution >= 0.6 is 23.2 Å². The Kier molecular flexibility index (Phi) is 5.23. The molecule has 0 heterocycles. The fourth-order valence-electron chi connectivity index (χ4n) is 1.93. The zero-order valence-electron chi connectivity index (χ0n) is 11.6. The van der Waals surface area contributed by atoms with Crippen LogP contribution in [0.2, 0.25) is 10.0 Å². The maximum absolute atomic E-state index is 9.27. The summed E-state index contributed by atoms with van der Waals surface area (Å²) in [5.74, 6) is 0. The highest BCUT2D eigenvalue weighted by Gasteiger charge is 2.15. The molecule has 5 heteroatoms. The van der Waals surface area contributed by atoms with E-state index in [1.807, 2.05) is 25.1 Å². The van der Waals surface area contributed by atoms with Gasteiger partial charge < -0.3 is 10.8 Å². The topological polar surface area (TPSA) is 58.6 Å². The third-order valence-electron chi connectivity index (χ3n) is 3.01. The first kappa shape index (κ1) is 15.8. The molecule has 2 aromatic carbocycles. The summed E-state index contributed by atoms with van der Waals surface area (Å²) in [7, 11) is 0. The summed E-state index contributed by atoms with van der Waals surface area (Å²) in [4.78, 5) is 4.54. The normalized spacial score (nSPS) is 13.2. The van der Waals surface area contributed by atoms with Crippen molar-refractivity contribution in [2.45, 2.75) is 13.0 Å². The van der Waals surface area contributed by atoms with E-state index in [2.05, 4.69) is 4.99 Å². The van der Waals surface area contributed by atoms with E-state index in [1.165, 1.54) is 0 Å². The molecule has 110 valence electrons. The van der Waals surface area contributed by atoms with Crippen molar-refractivity contribution in [1.82, 2.24) is 0 Å². The van der Waals surface area contributed by atoms with Crippen LogP contribution in [0, 0.1) is 0 Å². The Bertz CT molecular complexity index is 671. The van der Waals surface area contributed by atoms with E-state index in [-0.39, 0.29) is 12.6 Å². The molecule has 0 amide bonds. The molecule has 0 aromatic heterocycles. The summed E-state index contributed by atoms with van der Waals surface area (Å²) in [6.45, 7) is 1.76. The fraction of sp³-hybridized carbons (Fsp3) is 0.188. The van der Waals surface area contributed by atoms with E-state index in [0.717, 1.165) is 5.56 Å². The van der Waals surface area contributed by atoms with Crippen molar-refractivity contribution < 1.29 is 5.11 Å². The van der Waals surface area contributed by atoms with Crippen LogP contribution in [0.4, 0.5) is 5.69 Å². The summed E-state index contributed by atoms with van der Waals surface area (Å²) in [5.41, 5.74) is 8.70. The molecule has 0 aliphatic carbocycles. The predicted octanol–water partition coefficient (Wildman–Crippen LogP) is 3.79. The number of nitrogens with two attached hydrogens (primary N) is 1. The molecular formula is C16H16Cl2N2O. The molecule has 0 saturated heterocycles. The molecule has 2 aromatic rings. The van der Waals surface area contributed by atoms with E-state index in [9.17, 15) is 5.11 Å². The number of aliphatic hydroxyl groups is 1. The molecule has 3 N–H and O–H groups in total. The first-order valence-corrected chi connectivity index (χ1v) is 7.27. The van der Waals surface area contributed by atoms with Gasteiger partial charge in [-0.2, -0.15) is 0 Å². The number of benzene rings is 2. The first-order valence-electron chi connectivity index (χ1n) is 6.52. The van der Waals surface area contributed by atoms with Crippen molar-refractivity contribution >= 4 is 34.6 Å². The molecule has 3 nitrogen and oxygen atoms in total. The second-order valence-electron chi connectivity index (χ2n) is 4.72. The standard InChI is InChI=1S/C16H16Cl2N2O/c1-10(9-21)20-16(12-4-2-3-5-14(12)18)13-8-11(17)6-7-15(13)19/h2-8,10,21H,9,19H2,1H3. The average Bonchev–Trinajstić information content (AvgIpc) is 2.48. The van der Waals surface area contributed by atoms with Gasteiger partial charge in [0.1, 0.15) is 0 Å². The van der Waals surface area contributed by atoms with Crippen molar-refractivity contribution in [2.24, 2.45) is 4.99 Å². The SMILES string of the molecule is CC(CO)N=C(c1cc(Cl)ccc1N)c1ccccc1Cl. The van der Waals surface area contributed by atoms with E-state index >= 15 is 0 Å². The summed E-state index contributed by atoms with van der Waals surface area (Å²) < 4.78 is 0. The number of nitrogen functional groups attached to an aromatic ring is 1. The van der Waals surface area contributed by atoms with Gasteiger partial charge >= 0.3 is 0 Å². The largest absolute Gasteiger partial charge is 0.398 e.